The number of imidazole rings is 1. The van der Waals surface area contributed by atoms with Crippen molar-refractivity contribution in [1.29, 1.82) is 0 Å². The van der Waals surface area contributed by atoms with E-state index in [2.05, 4.69) is 9.97 Å². The molecule has 0 N–H and O–H groups in total. The third-order valence-electron chi connectivity index (χ3n) is 3.38. The molecule has 3 nitrogen and oxygen atoms in total. The van der Waals surface area contributed by atoms with Gasteiger partial charge in [0.05, 0.1) is 23.0 Å². The minimum atomic E-state index is -0.248. The van der Waals surface area contributed by atoms with Crippen molar-refractivity contribution in [2.45, 2.75) is 32.7 Å². The summed E-state index contributed by atoms with van der Waals surface area (Å²) in [5.41, 5.74) is 2.13. The summed E-state index contributed by atoms with van der Waals surface area (Å²) < 4.78 is 15.8. The summed E-state index contributed by atoms with van der Waals surface area (Å²) in [4.78, 5) is 10.0. The number of hydrogen-bond acceptors (Lipinski definition) is 3. The number of alkyl halides is 1. The van der Waals surface area contributed by atoms with Crippen molar-refractivity contribution in [2.75, 3.05) is 0 Å². The second-order valence-electron chi connectivity index (χ2n) is 5.13. The molecule has 2 aromatic heterocycles. The van der Waals surface area contributed by atoms with E-state index in [9.17, 15) is 4.39 Å². The van der Waals surface area contributed by atoms with E-state index in [1.54, 1.807) is 18.3 Å². The van der Waals surface area contributed by atoms with Crippen LogP contribution in [0.2, 0.25) is 0 Å². The molecule has 0 fully saturated rings. The molecule has 3 rings (SSSR count). The number of rotatable bonds is 3. The number of thiazole rings is 1. The Morgan fingerprint density at radius 1 is 1.38 bits per heavy atom. The maximum atomic E-state index is 13.7. The van der Waals surface area contributed by atoms with Gasteiger partial charge in [0.25, 0.3) is 0 Å². The van der Waals surface area contributed by atoms with E-state index in [1.807, 2.05) is 30.7 Å². The van der Waals surface area contributed by atoms with Crippen LogP contribution in [0.25, 0.3) is 11.0 Å². The molecular formula is C15H15ClFN3S. The third kappa shape index (κ3) is 2.68. The Labute approximate surface area is 131 Å². The quantitative estimate of drug-likeness (QED) is 0.660. The fraction of sp³-hybridized carbons (Fsp3) is 0.333. The highest BCUT2D eigenvalue weighted by Crippen LogP contribution is 2.28. The van der Waals surface area contributed by atoms with Crippen LogP contribution in [-0.2, 0) is 6.54 Å². The molecule has 0 saturated heterocycles. The van der Waals surface area contributed by atoms with Crippen LogP contribution in [0.1, 0.15) is 33.6 Å². The van der Waals surface area contributed by atoms with Crippen molar-refractivity contribution in [2.24, 2.45) is 0 Å². The molecule has 0 saturated carbocycles. The molecule has 0 aliphatic carbocycles. The number of benzene rings is 1. The van der Waals surface area contributed by atoms with E-state index >= 15 is 0 Å². The first-order chi connectivity index (χ1) is 9.95. The smallest absolute Gasteiger partial charge is 0.128 e. The highest BCUT2D eigenvalue weighted by Gasteiger charge is 2.17. The zero-order chi connectivity index (χ0) is 15.1. The van der Waals surface area contributed by atoms with E-state index in [4.69, 9.17) is 11.6 Å². The van der Waals surface area contributed by atoms with Crippen LogP contribution in [-0.4, -0.2) is 14.5 Å². The zero-order valence-electron chi connectivity index (χ0n) is 12.0. The van der Waals surface area contributed by atoms with E-state index in [1.165, 1.54) is 6.07 Å². The van der Waals surface area contributed by atoms with Crippen molar-refractivity contribution in [3.63, 3.8) is 0 Å². The van der Waals surface area contributed by atoms with E-state index in [-0.39, 0.29) is 11.2 Å². The molecule has 3 aromatic rings. The Balaban J connectivity index is 2.17. The molecule has 1 aromatic carbocycles. The molecule has 0 aliphatic rings. The Kier molecular flexibility index (Phi) is 3.71. The van der Waals surface area contributed by atoms with Crippen LogP contribution in [0.4, 0.5) is 4.39 Å². The van der Waals surface area contributed by atoms with Gasteiger partial charge in [-0.05, 0) is 32.4 Å². The summed E-state index contributed by atoms with van der Waals surface area (Å²) in [6.07, 6.45) is 1.85. The van der Waals surface area contributed by atoms with Crippen molar-refractivity contribution in [3.05, 3.63) is 45.4 Å². The molecule has 2 heterocycles. The standard InChI is InChI=1S/C15H15ClFN3S/c1-8-4-13-12(5-11(8)17)19-15(10(3)16)20(13)7-14-18-6-9(2)21-14/h4-6,10H,7H2,1-3H3. The summed E-state index contributed by atoms with van der Waals surface area (Å²) in [5.74, 6) is 0.496. The Morgan fingerprint density at radius 3 is 2.76 bits per heavy atom. The predicted octanol–water partition coefficient (Wildman–Crippen LogP) is 4.60. The average molecular weight is 324 g/mol. The minimum absolute atomic E-state index is 0.244. The van der Waals surface area contributed by atoms with E-state index < -0.39 is 0 Å². The van der Waals surface area contributed by atoms with Gasteiger partial charge < -0.3 is 4.57 Å². The first kappa shape index (κ1) is 14.5. The zero-order valence-corrected chi connectivity index (χ0v) is 13.6. The number of halogens is 2. The molecule has 0 spiro atoms. The monoisotopic (exact) mass is 323 g/mol. The Morgan fingerprint density at radius 2 is 2.14 bits per heavy atom. The highest BCUT2D eigenvalue weighted by atomic mass is 35.5. The normalized spacial score (nSPS) is 13.0. The molecular weight excluding hydrogens is 309 g/mol. The van der Waals surface area contributed by atoms with Crippen LogP contribution >= 0.6 is 22.9 Å². The van der Waals surface area contributed by atoms with Crippen LogP contribution in [0.15, 0.2) is 18.3 Å². The summed E-state index contributed by atoms with van der Waals surface area (Å²) in [7, 11) is 0. The van der Waals surface area contributed by atoms with Crippen molar-refractivity contribution >= 4 is 34.0 Å². The first-order valence-electron chi connectivity index (χ1n) is 6.67. The average Bonchev–Trinajstić information content (AvgIpc) is 2.96. The topological polar surface area (TPSA) is 30.7 Å². The van der Waals surface area contributed by atoms with Crippen LogP contribution < -0.4 is 0 Å². The maximum Gasteiger partial charge on any atom is 0.128 e. The van der Waals surface area contributed by atoms with Gasteiger partial charge in [-0.3, -0.25) is 0 Å². The molecule has 0 radical (unpaired) electrons. The second-order valence-corrected chi connectivity index (χ2v) is 7.10. The van der Waals surface area contributed by atoms with Gasteiger partial charge in [-0.1, -0.05) is 0 Å². The number of aryl methyl sites for hydroxylation is 2. The van der Waals surface area contributed by atoms with Crippen LogP contribution in [0, 0.1) is 19.7 Å². The van der Waals surface area contributed by atoms with Gasteiger partial charge in [-0.2, -0.15) is 0 Å². The van der Waals surface area contributed by atoms with Crippen LogP contribution in [0.5, 0.6) is 0 Å². The molecule has 0 aliphatic heterocycles. The number of hydrogen-bond donors (Lipinski definition) is 0. The number of aromatic nitrogens is 3. The molecule has 110 valence electrons. The van der Waals surface area contributed by atoms with Gasteiger partial charge >= 0.3 is 0 Å². The van der Waals surface area contributed by atoms with Gasteiger partial charge in [0.15, 0.2) is 0 Å². The lowest BCUT2D eigenvalue weighted by molar-refractivity contribution is 0.620. The lowest BCUT2D eigenvalue weighted by Crippen LogP contribution is -2.05. The Bertz CT molecular complexity index is 807. The van der Waals surface area contributed by atoms with Gasteiger partial charge in [-0.25, -0.2) is 14.4 Å². The molecule has 1 unspecified atom stereocenters. The second kappa shape index (κ2) is 5.39. The third-order valence-corrected chi connectivity index (χ3v) is 4.47. The number of fused-ring (bicyclic) bond motifs is 1. The lowest BCUT2D eigenvalue weighted by Gasteiger charge is -2.09. The SMILES string of the molecule is Cc1cnc(Cn2c(C(C)Cl)nc3cc(F)c(C)cc32)s1. The molecule has 0 amide bonds. The maximum absolute atomic E-state index is 13.7. The minimum Gasteiger partial charge on any atom is -0.320 e. The summed E-state index contributed by atoms with van der Waals surface area (Å²) >= 11 is 7.88. The number of nitrogens with zero attached hydrogens (tertiary/aromatic N) is 3. The Hall–Kier alpha value is -1.46. The van der Waals surface area contributed by atoms with Gasteiger partial charge in [0.1, 0.15) is 16.6 Å². The first-order valence-corrected chi connectivity index (χ1v) is 7.92. The summed E-state index contributed by atoms with van der Waals surface area (Å²) in [6.45, 7) is 6.25. The molecule has 0 bridgehead atoms. The fourth-order valence-electron chi connectivity index (χ4n) is 2.35. The molecule has 6 heteroatoms. The van der Waals surface area contributed by atoms with E-state index in [0.717, 1.165) is 21.2 Å². The largest absolute Gasteiger partial charge is 0.320 e. The predicted molar refractivity (Wildman–Crippen MR) is 84.6 cm³/mol. The lowest BCUT2D eigenvalue weighted by atomic mass is 10.2. The van der Waals surface area contributed by atoms with Crippen LogP contribution in [0.3, 0.4) is 0 Å². The molecule has 1 atom stereocenters. The summed E-state index contributed by atoms with van der Waals surface area (Å²) in [6, 6.07) is 3.29. The van der Waals surface area contributed by atoms with Gasteiger partial charge in [0.2, 0.25) is 0 Å². The summed E-state index contributed by atoms with van der Waals surface area (Å²) in [5, 5.41) is 0.745. The van der Waals surface area contributed by atoms with Gasteiger partial charge in [0, 0.05) is 17.1 Å². The van der Waals surface area contributed by atoms with Crippen molar-refractivity contribution in [1.82, 2.24) is 14.5 Å². The van der Waals surface area contributed by atoms with Crippen molar-refractivity contribution < 1.29 is 4.39 Å². The van der Waals surface area contributed by atoms with Gasteiger partial charge in [-0.15, -0.1) is 22.9 Å². The van der Waals surface area contributed by atoms with Crippen molar-refractivity contribution in [3.8, 4) is 0 Å². The fourth-order valence-corrected chi connectivity index (χ4v) is 3.29. The highest BCUT2D eigenvalue weighted by molar-refractivity contribution is 7.11. The molecule has 21 heavy (non-hydrogen) atoms. The van der Waals surface area contributed by atoms with E-state index in [0.29, 0.717) is 17.6 Å².